The molecule has 0 aliphatic rings. The maximum atomic E-state index is 12.4. The Labute approximate surface area is 193 Å². The van der Waals surface area contributed by atoms with Gasteiger partial charge in [-0.25, -0.2) is 4.79 Å². The minimum absolute atomic E-state index is 0.153. The van der Waals surface area contributed by atoms with Crippen LogP contribution in [0.1, 0.15) is 47.6 Å². The lowest BCUT2D eigenvalue weighted by molar-refractivity contribution is 0.0951. The molecule has 1 unspecified atom stereocenters. The Bertz CT molecular complexity index is 1020. The normalized spacial score (nSPS) is 12.1. The number of anilines is 1. The van der Waals surface area contributed by atoms with Crippen LogP contribution in [0, 0.1) is 0 Å². The summed E-state index contributed by atoms with van der Waals surface area (Å²) in [6.07, 6.45) is 0. The first kappa shape index (κ1) is 23.5. The number of hydrogen-bond donors (Lipinski definition) is 4. The maximum absolute atomic E-state index is 12.4. The highest BCUT2D eigenvalue weighted by atomic mass is 32.1. The van der Waals surface area contributed by atoms with Crippen LogP contribution >= 0.6 is 11.3 Å². The average Bonchev–Trinajstić information content (AvgIpc) is 3.30. The lowest BCUT2D eigenvalue weighted by atomic mass is 10.0. The number of amides is 3. The van der Waals surface area contributed by atoms with E-state index in [2.05, 4.69) is 40.3 Å². The number of carbonyl (C=O) groups excluding carboxylic acids is 2. The van der Waals surface area contributed by atoms with Crippen molar-refractivity contribution < 1.29 is 9.59 Å². The van der Waals surface area contributed by atoms with E-state index in [0.717, 1.165) is 4.88 Å². The van der Waals surface area contributed by atoms with Crippen LogP contribution < -0.4 is 21.3 Å². The first-order chi connectivity index (χ1) is 15.3. The van der Waals surface area contributed by atoms with Gasteiger partial charge >= 0.3 is 6.03 Å². The van der Waals surface area contributed by atoms with Gasteiger partial charge in [-0.05, 0) is 56.0 Å². The largest absolute Gasteiger partial charge is 0.347 e. The molecule has 0 spiro atoms. The minimum Gasteiger partial charge on any atom is -0.347 e. The van der Waals surface area contributed by atoms with E-state index in [1.165, 1.54) is 5.56 Å². The standard InChI is InChI=1S/C25H30N4O2S/c1-18(19-9-5-4-6-10-19)29-25(2,3)17-27-24(31)28-21-12-7-11-20(15-21)23(30)26-16-22-13-8-14-32-22/h4-15,18,29H,16-17H2,1-3H3,(H,26,30)(H2,27,28,31). The Balaban J connectivity index is 1.48. The average molecular weight is 451 g/mol. The predicted molar refractivity (Wildman–Crippen MR) is 131 cm³/mol. The molecule has 32 heavy (non-hydrogen) atoms. The van der Waals surface area contributed by atoms with Crippen molar-refractivity contribution in [2.45, 2.75) is 38.9 Å². The van der Waals surface area contributed by atoms with E-state index in [0.29, 0.717) is 24.3 Å². The molecule has 2 aromatic carbocycles. The van der Waals surface area contributed by atoms with Crippen molar-refractivity contribution in [3.63, 3.8) is 0 Å². The van der Waals surface area contributed by atoms with Gasteiger partial charge in [0, 0.05) is 34.3 Å². The highest BCUT2D eigenvalue weighted by Crippen LogP contribution is 2.16. The van der Waals surface area contributed by atoms with Gasteiger partial charge in [-0.3, -0.25) is 4.79 Å². The van der Waals surface area contributed by atoms with Crippen LogP contribution in [0.4, 0.5) is 10.5 Å². The van der Waals surface area contributed by atoms with Gasteiger partial charge in [-0.1, -0.05) is 42.5 Å². The second-order valence-corrected chi connectivity index (χ2v) is 9.34. The Hall–Kier alpha value is -3.16. The molecule has 0 fully saturated rings. The van der Waals surface area contributed by atoms with Gasteiger partial charge in [0.05, 0.1) is 6.54 Å². The van der Waals surface area contributed by atoms with Gasteiger partial charge in [-0.15, -0.1) is 11.3 Å². The zero-order chi connectivity index (χ0) is 23.0. The number of benzene rings is 2. The quantitative estimate of drug-likeness (QED) is 0.373. The second kappa shape index (κ2) is 10.9. The van der Waals surface area contributed by atoms with Gasteiger partial charge < -0.3 is 21.3 Å². The Morgan fingerprint density at radius 2 is 1.75 bits per heavy atom. The molecule has 3 rings (SSSR count). The molecule has 7 heteroatoms. The minimum atomic E-state index is -0.316. The van der Waals surface area contributed by atoms with E-state index in [1.807, 2.05) is 49.6 Å². The summed E-state index contributed by atoms with van der Waals surface area (Å²) in [5.41, 5.74) is 1.95. The van der Waals surface area contributed by atoms with Crippen molar-refractivity contribution >= 4 is 29.0 Å². The van der Waals surface area contributed by atoms with Crippen molar-refractivity contribution in [2.24, 2.45) is 0 Å². The van der Waals surface area contributed by atoms with Gasteiger partial charge in [0.1, 0.15) is 0 Å². The number of thiophene rings is 1. The molecule has 1 aromatic heterocycles. The predicted octanol–water partition coefficient (Wildman–Crippen LogP) is 4.93. The topological polar surface area (TPSA) is 82.3 Å². The summed E-state index contributed by atoms with van der Waals surface area (Å²) in [4.78, 5) is 25.9. The fraction of sp³-hybridized carbons (Fsp3) is 0.280. The molecule has 3 amide bonds. The van der Waals surface area contributed by atoms with E-state index < -0.39 is 0 Å². The molecule has 0 saturated carbocycles. The van der Waals surface area contributed by atoms with Gasteiger partial charge in [0.2, 0.25) is 0 Å². The van der Waals surface area contributed by atoms with Crippen LogP contribution in [0.3, 0.4) is 0 Å². The maximum Gasteiger partial charge on any atom is 0.319 e. The van der Waals surface area contributed by atoms with E-state index >= 15 is 0 Å². The third-order valence-corrected chi connectivity index (χ3v) is 5.86. The molecule has 3 aromatic rings. The third kappa shape index (κ3) is 7.21. The van der Waals surface area contributed by atoms with E-state index in [-0.39, 0.29) is 23.5 Å². The number of rotatable bonds is 9. The molecule has 4 N–H and O–H groups in total. The van der Waals surface area contributed by atoms with Crippen molar-refractivity contribution in [1.82, 2.24) is 16.0 Å². The molecule has 0 saturated heterocycles. The zero-order valence-corrected chi connectivity index (χ0v) is 19.5. The van der Waals surface area contributed by atoms with E-state index in [4.69, 9.17) is 0 Å². The van der Waals surface area contributed by atoms with Gasteiger partial charge in [-0.2, -0.15) is 0 Å². The highest BCUT2D eigenvalue weighted by Gasteiger charge is 2.21. The SMILES string of the molecule is CC(NC(C)(C)CNC(=O)Nc1cccc(C(=O)NCc2cccs2)c1)c1ccccc1. The Morgan fingerprint density at radius 3 is 2.47 bits per heavy atom. The fourth-order valence-corrected chi connectivity index (χ4v) is 4.00. The third-order valence-electron chi connectivity index (χ3n) is 4.98. The summed E-state index contributed by atoms with van der Waals surface area (Å²) in [6, 6.07) is 20.9. The number of nitrogens with one attached hydrogen (secondary N) is 4. The molecule has 6 nitrogen and oxygen atoms in total. The lowest BCUT2D eigenvalue weighted by Crippen LogP contribution is -2.50. The zero-order valence-electron chi connectivity index (χ0n) is 18.6. The summed E-state index contributed by atoms with van der Waals surface area (Å²) >= 11 is 1.60. The van der Waals surface area contributed by atoms with Crippen LogP contribution in [0.15, 0.2) is 72.1 Å². The Kier molecular flexibility index (Phi) is 8.03. The first-order valence-corrected chi connectivity index (χ1v) is 11.5. The van der Waals surface area contributed by atoms with Crippen molar-refractivity contribution in [3.05, 3.63) is 88.1 Å². The van der Waals surface area contributed by atoms with Crippen LogP contribution in [0.5, 0.6) is 0 Å². The number of hydrogen-bond acceptors (Lipinski definition) is 4. The van der Waals surface area contributed by atoms with Crippen molar-refractivity contribution in [3.8, 4) is 0 Å². The smallest absolute Gasteiger partial charge is 0.319 e. The van der Waals surface area contributed by atoms with Crippen LogP contribution in [0.25, 0.3) is 0 Å². The van der Waals surface area contributed by atoms with E-state index in [9.17, 15) is 9.59 Å². The molecule has 0 bridgehead atoms. The van der Waals surface area contributed by atoms with Crippen LogP contribution in [-0.2, 0) is 6.54 Å². The summed E-state index contributed by atoms with van der Waals surface area (Å²) in [5.74, 6) is -0.178. The number of carbonyl (C=O) groups is 2. The first-order valence-electron chi connectivity index (χ1n) is 10.6. The van der Waals surface area contributed by atoms with Crippen molar-refractivity contribution in [2.75, 3.05) is 11.9 Å². The monoisotopic (exact) mass is 450 g/mol. The molecule has 168 valence electrons. The molecule has 1 heterocycles. The molecule has 1 atom stereocenters. The summed E-state index contributed by atoms with van der Waals surface area (Å²) in [6.45, 7) is 7.12. The Morgan fingerprint density at radius 1 is 0.969 bits per heavy atom. The molecular formula is C25H30N4O2S. The lowest BCUT2D eigenvalue weighted by Gasteiger charge is -2.30. The molecule has 0 radical (unpaired) electrons. The van der Waals surface area contributed by atoms with Crippen LogP contribution in [0.2, 0.25) is 0 Å². The molecular weight excluding hydrogens is 420 g/mol. The highest BCUT2D eigenvalue weighted by molar-refractivity contribution is 7.09. The summed E-state index contributed by atoms with van der Waals surface area (Å²) in [5, 5.41) is 14.1. The fourth-order valence-electron chi connectivity index (χ4n) is 3.36. The second-order valence-electron chi connectivity index (χ2n) is 8.31. The molecule has 0 aliphatic heterocycles. The molecule has 0 aliphatic carbocycles. The van der Waals surface area contributed by atoms with Gasteiger partial charge in [0.25, 0.3) is 5.91 Å². The van der Waals surface area contributed by atoms with Crippen LogP contribution in [-0.4, -0.2) is 24.0 Å². The summed E-state index contributed by atoms with van der Waals surface area (Å²) < 4.78 is 0. The van der Waals surface area contributed by atoms with Gasteiger partial charge in [0.15, 0.2) is 0 Å². The van der Waals surface area contributed by atoms with E-state index in [1.54, 1.807) is 35.6 Å². The number of urea groups is 1. The summed E-state index contributed by atoms with van der Waals surface area (Å²) in [7, 11) is 0. The van der Waals surface area contributed by atoms with Crippen molar-refractivity contribution in [1.29, 1.82) is 0 Å².